The first-order valence-corrected chi connectivity index (χ1v) is 12.4. The fraction of sp³-hybridized carbons (Fsp3) is 0.233. The van der Waals surface area contributed by atoms with Crippen LogP contribution in [0.2, 0.25) is 0 Å². The molecule has 0 aromatic heterocycles. The van der Waals surface area contributed by atoms with E-state index in [2.05, 4.69) is 0 Å². The van der Waals surface area contributed by atoms with Crippen LogP contribution in [0.3, 0.4) is 0 Å². The fourth-order valence-corrected chi connectivity index (χ4v) is 4.94. The number of nitrogens with zero attached hydrogens (tertiary/aromatic N) is 2. The highest BCUT2D eigenvalue weighted by molar-refractivity contribution is 6.51. The molecule has 2 aliphatic heterocycles. The van der Waals surface area contributed by atoms with Gasteiger partial charge < -0.3 is 19.5 Å². The largest absolute Gasteiger partial charge is 0.507 e. The van der Waals surface area contributed by atoms with Crippen LogP contribution in [0.1, 0.15) is 40.0 Å². The number of benzene rings is 3. The van der Waals surface area contributed by atoms with Gasteiger partial charge in [-0.3, -0.25) is 14.5 Å². The Hall–Kier alpha value is -4.59. The molecule has 1 amide bonds. The number of fused-ring (bicyclic) bond motifs is 1. The molecule has 1 saturated heterocycles. The highest BCUT2D eigenvalue weighted by Crippen LogP contribution is 2.44. The highest BCUT2D eigenvalue weighted by atomic mass is 16.5. The van der Waals surface area contributed by atoms with E-state index in [4.69, 9.17) is 9.47 Å². The lowest BCUT2D eigenvalue weighted by Gasteiger charge is -2.28. The van der Waals surface area contributed by atoms with Gasteiger partial charge in [0.15, 0.2) is 0 Å². The van der Waals surface area contributed by atoms with E-state index in [0.29, 0.717) is 35.7 Å². The summed E-state index contributed by atoms with van der Waals surface area (Å²) in [6, 6.07) is 18.1. The molecule has 1 unspecified atom stereocenters. The Kier molecular flexibility index (Phi) is 6.63. The Morgan fingerprint density at radius 3 is 2.61 bits per heavy atom. The van der Waals surface area contributed by atoms with Crippen LogP contribution in [0.25, 0.3) is 5.76 Å². The first-order valence-electron chi connectivity index (χ1n) is 12.4. The molecule has 194 valence electrons. The van der Waals surface area contributed by atoms with Crippen molar-refractivity contribution < 1.29 is 29.0 Å². The Labute approximate surface area is 220 Å². The summed E-state index contributed by atoms with van der Waals surface area (Å²) in [5.74, 6) is -1.72. The zero-order valence-electron chi connectivity index (χ0n) is 21.4. The van der Waals surface area contributed by atoms with Crippen molar-refractivity contribution in [2.45, 2.75) is 19.9 Å². The number of hydrogen-bond donors (Lipinski definition) is 1. The Balaban J connectivity index is 1.69. The van der Waals surface area contributed by atoms with E-state index in [1.54, 1.807) is 43.3 Å². The van der Waals surface area contributed by atoms with Gasteiger partial charge in [0.2, 0.25) is 0 Å². The highest BCUT2D eigenvalue weighted by Gasteiger charge is 2.47. The minimum atomic E-state index is -0.904. The lowest BCUT2D eigenvalue weighted by Crippen LogP contribution is -2.30. The van der Waals surface area contributed by atoms with Crippen LogP contribution < -0.4 is 14.5 Å². The lowest BCUT2D eigenvalue weighted by molar-refractivity contribution is -0.132. The number of esters is 1. The van der Waals surface area contributed by atoms with Gasteiger partial charge in [0.1, 0.15) is 18.1 Å². The summed E-state index contributed by atoms with van der Waals surface area (Å²) >= 11 is 0. The summed E-state index contributed by atoms with van der Waals surface area (Å²) < 4.78 is 10.8. The SMILES string of the molecule is CCOC(=O)c1cccc(N2C(=O)C(=O)/C(=C(/O)c3ccc4c(c3)N(C)CCO4)C2c2ccccc2C)c1. The molecule has 8 nitrogen and oxygen atoms in total. The third-order valence-corrected chi connectivity index (χ3v) is 6.89. The molecule has 1 fully saturated rings. The van der Waals surface area contributed by atoms with Gasteiger partial charge in [0.05, 0.1) is 36.0 Å². The van der Waals surface area contributed by atoms with Gasteiger partial charge in [0, 0.05) is 18.3 Å². The number of aryl methyl sites for hydroxylation is 1. The quantitative estimate of drug-likeness (QED) is 0.231. The molecule has 0 radical (unpaired) electrons. The first-order chi connectivity index (χ1) is 18.3. The molecule has 1 N–H and O–H groups in total. The molecule has 2 heterocycles. The van der Waals surface area contributed by atoms with E-state index in [9.17, 15) is 19.5 Å². The number of ketones is 1. The number of Topliss-reactive ketones (excluding diaryl/α,β-unsaturated/α-hetero) is 1. The Morgan fingerprint density at radius 1 is 1.05 bits per heavy atom. The number of aliphatic hydroxyl groups is 1. The normalized spacial score (nSPS) is 18.2. The molecule has 3 aromatic carbocycles. The molecule has 0 aliphatic carbocycles. The number of anilines is 2. The molecular weight excluding hydrogens is 484 g/mol. The summed E-state index contributed by atoms with van der Waals surface area (Å²) in [5, 5.41) is 11.5. The molecule has 8 heteroatoms. The molecule has 1 atom stereocenters. The Morgan fingerprint density at radius 2 is 1.84 bits per heavy atom. The van der Waals surface area contributed by atoms with E-state index in [1.807, 2.05) is 43.1 Å². The van der Waals surface area contributed by atoms with Gasteiger partial charge >= 0.3 is 5.97 Å². The number of likely N-dealkylation sites (N-methyl/N-ethyl adjacent to an activating group) is 1. The van der Waals surface area contributed by atoms with Crippen molar-refractivity contribution >= 4 is 34.8 Å². The van der Waals surface area contributed by atoms with Crippen molar-refractivity contribution in [1.82, 2.24) is 0 Å². The molecule has 0 saturated carbocycles. The van der Waals surface area contributed by atoms with Crippen LogP contribution in [-0.2, 0) is 14.3 Å². The summed E-state index contributed by atoms with van der Waals surface area (Å²) in [6.45, 7) is 5.04. The van der Waals surface area contributed by atoms with Crippen molar-refractivity contribution in [3.8, 4) is 5.75 Å². The van der Waals surface area contributed by atoms with Crippen molar-refractivity contribution in [2.24, 2.45) is 0 Å². The topological polar surface area (TPSA) is 96.4 Å². The average Bonchev–Trinajstić information content (AvgIpc) is 3.18. The third kappa shape index (κ3) is 4.28. The predicted octanol–water partition coefficient (Wildman–Crippen LogP) is 4.63. The van der Waals surface area contributed by atoms with Crippen LogP contribution in [0.5, 0.6) is 5.75 Å². The monoisotopic (exact) mass is 512 g/mol. The number of amides is 1. The van der Waals surface area contributed by atoms with Gasteiger partial charge in [-0.15, -0.1) is 0 Å². The van der Waals surface area contributed by atoms with Gasteiger partial charge in [-0.25, -0.2) is 4.79 Å². The van der Waals surface area contributed by atoms with Crippen molar-refractivity contribution in [3.63, 3.8) is 0 Å². The first kappa shape index (κ1) is 25.1. The number of carbonyl (C=O) groups excluding carboxylic acids is 3. The predicted molar refractivity (Wildman–Crippen MR) is 144 cm³/mol. The maximum atomic E-state index is 13.5. The van der Waals surface area contributed by atoms with Gasteiger partial charge in [0.25, 0.3) is 11.7 Å². The van der Waals surface area contributed by atoms with Crippen molar-refractivity contribution in [2.75, 3.05) is 36.6 Å². The van der Waals surface area contributed by atoms with E-state index in [-0.39, 0.29) is 23.5 Å². The van der Waals surface area contributed by atoms with Crippen molar-refractivity contribution in [1.29, 1.82) is 0 Å². The molecule has 0 bridgehead atoms. The second-order valence-electron chi connectivity index (χ2n) is 9.25. The maximum absolute atomic E-state index is 13.5. The lowest BCUT2D eigenvalue weighted by atomic mass is 9.92. The average molecular weight is 513 g/mol. The standard InChI is InChI=1S/C30H28N2O6/c1-4-37-30(36)20-9-7-10-21(16-20)32-26(22-11-6-5-8-18(22)2)25(28(34)29(32)35)27(33)19-12-13-24-23(17-19)31(3)14-15-38-24/h5-13,16-17,26,33H,4,14-15H2,1-3H3/b27-25+. The summed E-state index contributed by atoms with van der Waals surface area (Å²) in [5.41, 5.74) is 3.30. The molecule has 2 aliphatic rings. The second-order valence-corrected chi connectivity index (χ2v) is 9.25. The number of rotatable bonds is 5. The number of ether oxygens (including phenoxy) is 2. The molecular formula is C30H28N2O6. The second kappa shape index (κ2) is 10.0. The maximum Gasteiger partial charge on any atom is 0.338 e. The van der Waals surface area contributed by atoms with Crippen LogP contribution in [0, 0.1) is 6.92 Å². The summed E-state index contributed by atoms with van der Waals surface area (Å²) in [4.78, 5) is 42.8. The summed E-state index contributed by atoms with van der Waals surface area (Å²) in [7, 11) is 1.92. The van der Waals surface area contributed by atoms with Gasteiger partial charge in [-0.1, -0.05) is 30.3 Å². The molecule has 5 rings (SSSR count). The number of carbonyl (C=O) groups is 3. The zero-order chi connectivity index (χ0) is 27.0. The van der Waals surface area contributed by atoms with E-state index in [0.717, 1.165) is 11.3 Å². The van der Waals surface area contributed by atoms with Crippen LogP contribution in [-0.4, -0.2) is 49.6 Å². The van der Waals surface area contributed by atoms with E-state index >= 15 is 0 Å². The van der Waals surface area contributed by atoms with Crippen LogP contribution >= 0.6 is 0 Å². The third-order valence-electron chi connectivity index (χ3n) is 6.89. The van der Waals surface area contributed by atoms with E-state index < -0.39 is 23.7 Å². The molecule has 3 aromatic rings. The Bertz CT molecular complexity index is 1480. The summed E-state index contributed by atoms with van der Waals surface area (Å²) in [6.07, 6.45) is 0. The van der Waals surface area contributed by atoms with Gasteiger partial charge in [-0.2, -0.15) is 0 Å². The van der Waals surface area contributed by atoms with Gasteiger partial charge in [-0.05, 0) is 61.4 Å². The van der Waals surface area contributed by atoms with E-state index in [1.165, 1.54) is 11.0 Å². The number of aliphatic hydroxyl groups excluding tert-OH is 1. The fourth-order valence-electron chi connectivity index (χ4n) is 4.94. The van der Waals surface area contributed by atoms with Crippen molar-refractivity contribution in [3.05, 3.63) is 94.6 Å². The minimum absolute atomic E-state index is 0.0230. The van der Waals surface area contributed by atoms with Crippen LogP contribution in [0.15, 0.2) is 72.3 Å². The van der Waals surface area contributed by atoms with Crippen LogP contribution in [0.4, 0.5) is 11.4 Å². The minimum Gasteiger partial charge on any atom is -0.507 e. The number of hydrogen-bond acceptors (Lipinski definition) is 7. The molecule has 0 spiro atoms. The smallest absolute Gasteiger partial charge is 0.338 e. The molecule has 38 heavy (non-hydrogen) atoms. The zero-order valence-corrected chi connectivity index (χ0v) is 21.4.